The van der Waals surface area contributed by atoms with Crippen LogP contribution >= 0.6 is 0 Å². The van der Waals surface area contributed by atoms with Crippen LogP contribution in [0.1, 0.15) is 32.3 Å². The lowest BCUT2D eigenvalue weighted by Gasteiger charge is -2.22. The Bertz CT molecular complexity index is 1220. The molecule has 0 N–H and O–H groups in total. The Balaban J connectivity index is 1.58. The van der Waals surface area contributed by atoms with Crippen molar-refractivity contribution in [3.63, 3.8) is 0 Å². The number of methoxy groups -OCH3 is 1. The Morgan fingerprint density at radius 2 is 1.85 bits per heavy atom. The summed E-state index contributed by atoms with van der Waals surface area (Å²) in [5.74, 6) is 2.59. The molecule has 172 valence electrons. The van der Waals surface area contributed by atoms with E-state index in [9.17, 15) is 4.79 Å². The number of nitrogens with zero attached hydrogens (tertiary/aromatic N) is 2. The molecular weight excluding hydrogens is 420 g/mol. The van der Waals surface area contributed by atoms with Gasteiger partial charge in [0.15, 0.2) is 35.7 Å². The molecule has 7 heteroatoms. The van der Waals surface area contributed by atoms with E-state index in [1.165, 1.54) is 5.56 Å². The summed E-state index contributed by atoms with van der Waals surface area (Å²) >= 11 is 0. The largest absolute Gasteiger partial charge is 0.493 e. The number of hydrogen-bond donors (Lipinski definition) is 0. The summed E-state index contributed by atoms with van der Waals surface area (Å²) in [7, 11) is 1.60. The lowest BCUT2D eigenvalue weighted by Crippen LogP contribution is -2.40. The van der Waals surface area contributed by atoms with Gasteiger partial charge in [-0.15, -0.1) is 0 Å². The summed E-state index contributed by atoms with van der Waals surface area (Å²) in [6.45, 7) is 6.52. The molecule has 0 bridgehead atoms. The maximum atomic E-state index is 13.0. The fourth-order valence-electron chi connectivity index (χ4n) is 4.65. The van der Waals surface area contributed by atoms with E-state index >= 15 is 0 Å². The SMILES string of the molecule is CCCN(CCC)C(=O)Oc1c(OC)ccc2cc3[n+](cc12)CCc1cc2c(cc1-3)OCO2. The number of benzene rings is 2. The van der Waals surface area contributed by atoms with Crippen LogP contribution < -0.4 is 23.5 Å². The smallest absolute Gasteiger partial charge is 0.415 e. The first-order chi connectivity index (χ1) is 16.1. The molecule has 33 heavy (non-hydrogen) atoms. The predicted molar refractivity (Wildman–Crippen MR) is 124 cm³/mol. The number of aromatic nitrogens is 1. The van der Waals surface area contributed by atoms with E-state index in [-0.39, 0.29) is 12.9 Å². The summed E-state index contributed by atoms with van der Waals surface area (Å²) in [6.07, 6.45) is 4.36. The fraction of sp³-hybridized carbons (Fsp3) is 0.385. The minimum atomic E-state index is -0.342. The van der Waals surface area contributed by atoms with E-state index in [0.717, 1.165) is 59.3 Å². The normalized spacial score (nSPS) is 13.4. The van der Waals surface area contributed by atoms with Gasteiger partial charge in [-0.1, -0.05) is 13.8 Å². The van der Waals surface area contributed by atoms with Gasteiger partial charge in [0.2, 0.25) is 12.5 Å². The monoisotopic (exact) mass is 449 g/mol. The van der Waals surface area contributed by atoms with E-state index in [2.05, 4.69) is 42.8 Å². The van der Waals surface area contributed by atoms with Crippen molar-refractivity contribution in [1.82, 2.24) is 4.90 Å². The van der Waals surface area contributed by atoms with Crippen molar-refractivity contribution >= 4 is 16.9 Å². The first-order valence-electron chi connectivity index (χ1n) is 11.6. The number of fused-ring (bicyclic) bond motifs is 5. The van der Waals surface area contributed by atoms with Gasteiger partial charge in [0.05, 0.1) is 18.1 Å². The number of pyridine rings is 1. The van der Waals surface area contributed by atoms with Crippen LogP contribution in [0.3, 0.4) is 0 Å². The van der Waals surface area contributed by atoms with E-state index in [1.54, 1.807) is 12.0 Å². The van der Waals surface area contributed by atoms with Crippen LogP contribution in [-0.4, -0.2) is 38.0 Å². The average molecular weight is 450 g/mol. The Morgan fingerprint density at radius 3 is 2.58 bits per heavy atom. The molecule has 1 aromatic heterocycles. The highest BCUT2D eigenvalue weighted by atomic mass is 16.7. The zero-order valence-corrected chi connectivity index (χ0v) is 19.3. The molecule has 0 radical (unpaired) electrons. The van der Waals surface area contributed by atoms with Gasteiger partial charge in [-0.3, -0.25) is 0 Å². The molecule has 5 rings (SSSR count). The van der Waals surface area contributed by atoms with E-state index in [1.807, 2.05) is 12.1 Å². The third kappa shape index (κ3) is 3.81. The summed E-state index contributed by atoms with van der Waals surface area (Å²) in [4.78, 5) is 14.7. The van der Waals surface area contributed by atoms with Crippen LogP contribution in [-0.2, 0) is 13.0 Å². The first kappa shape index (κ1) is 21.4. The number of ether oxygens (including phenoxy) is 4. The standard InChI is InChI=1S/C26H29N2O5/c1-4-9-27(10-5-2)26(29)33-25-20-15-28-11-8-18-13-23-24(32-16-31-23)14-19(18)21(28)12-17(20)6-7-22(25)30-3/h6-7,12-15H,4-5,8-11,16H2,1-3H3/q+1. The minimum Gasteiger partial charge on any atom is -0.493 e. The first-order valence-corrected chi connectivity index (χ1v) is 11.6. The maximum absolute atomic E-state index is 13.0. The van der Waals surface area contributed by atoms with E-state index in [0.29, 0.717) is 24.6 Å². The van der Waals surface area contributed by atoms with Crippen LogP contribution in [0.4, 0.5) is 4.79 Å². The minimum absolute atomic E-state index is 0.261. The highest BCUT2D eigenvalue weighted by molar-refractivity contribution is 5.93. The van der Waals surface area contributed by atoms with Crippen molar-refractivity contribution in [2.75, 3.05) is 27.0 Å². The highest BCUT2D eigenvalue weighted by Gasteiger charge is 2.29. The fourth-order valence-corrected chi connectivity index (χ4v) is 4.65. The molecule has 2 aliphatic heterocycles. The van der Waals surface area contributed by atoms with Gasteiger partial charge in [-0.05, 0) is 48.1 Å². The van der Waals surface area contributed by atoms with Gasteiger partial charge in [0.1, 0.15) is 0 Å². The molecule has 2 aromatic carbocycles. The van der Waals surface area contributed by atoms with Gasteiger partial charge in [-0.25, -0.2) is 4.79 Å². The quantitative estimate of drug-likeness (QED) is 0.510. The van der Waals surface area contributed by atoms with Crippen LogP contribution in [0, 0.1) is 0 Å². The number of carbonyl (C=O) groups excluding carboxylic acids is 1. The average Bonchev–Trinajstić information content (AvgIpc) is 3.29. The highest BCUT2D eigenvalue weighted by Crippen LogP contribution is 2.41. The van der Waals surface area contributed by atoms with Crippen molar-refractivity contribution in [2.45, 2.75) is 39.7 Å². The second-order valence-corrected chi connectivity index (χ2v) is 8.42. The summed E-state index contributed by atoms with van der Waals surface area (Å²) in [5, 5.41) is 1.83. The van der Waals surface area contributed by atoms with Gasteiger partial charge in [0, 0.05) is 25.6 Å². The van der Waals surface area contributed by atoms with E-state index in [4.69, 9.17) is 18.9 Å². The lowest BCUT2D eigenvalue weighted by atomic mass is 9.95. The van der Waals surface area contributed by atoms with Gasteiger partial charge >= 0.3 is 6.09 Å². The summed E-state index contributed by atoms with van der Waals surface area (Å²) < 4.78 is 24.9. The van der Waals surface area contributed by atoms with Crippen LogP contribution in [0.15, 0.2) is 36.5 Å². The summed E-state index contributed by atoms with van der Waals surface area (Å²) in [6, 6.07) is 10.1. The van der Waals surface area contributed by atoms with Crippen LogP contribution in [0.5, 0.6) is 23.0 Å². The zero-order valence-electron chi connectivity index (χ0n) is 19.3. The molecule has 0 spiro atoms. The topological polar surface area (TPSA) is 61.1 Å². The number of hydrogen-bond acceptors (Lipinski definition) is 5. The number of amides is 1. The Labute approximate surface area is 193 Å². The Kier molecular flexibility index (Phi) is 5.70. The Morgan fingerprint density at radius 1 is 1.09 bits per heavy atom. The predicted octanol–water partition coefficient (Wildman–Crippen LogP) is 4.71. The number of carbonyl (C=O) groups is 1. The van der Waals surface area contributed by atoms with Gasteiger partial charge < -0.3 is 23.8 Å². The molecule has 3 aromatic rings. The molecule has 7 nitrogen and oxygen atoms in total. The molecule has 0 aliphatic carbocycles. The zero-order chi connectivity index (χ0) is 22.9. The van der Waals surface area contributed by atoms with E-state index < -0.39 is 0 Å². The molecular formula is C26H29N2O5+. The van der Waals surface area contributed by atoms with Crippen molar-refractivity contribution < 1.29 is 28.3 Å². The molecule has 2 aliphatic rings. The summed E-state index contributed by atoms with van der Waals surface area (Å²) in [5.41, 5.74) is 3.48. The second-order valence-electron chi connectivity index (χ2n) is 8.42. The van der Waals surface area contributed by atoms with Crippen LogP contribution in [0.2, 0.25) is 0 Å². The molecule has 0 saturated carbocycles. The number of rotatable bonds is 6. The van der Waals surface area contributed by atoms with Crippen molar-refractivity contribution in [2.24, 2.45) is 0 Å². The molecule has 0 atom stereocenters. The molecule has 1 amide bonds. The molecule has 0 fully saturated rings. The van der Waals surface area contributed by atoms with Gasteiger partial charge in [0.25, 0.3) is 0 Å². The van der Waals surface area contributed by atoms with Gasteiger partial charge in [-0.2, -0.15) is 4.57 Å². The van der Waals surface area contributed by atoms with Crippen molar-refractivity contribution in [3.8, 4) is 34.3 Å². The lowest BCUT2D eigenvalue weighted by molar-refractivity contribution is -0.686. The van der Waals surface area contributed by atoms with Crippen molar-refractivity contribution in [3.05, 3.63) is 42.1 Å². The molecule has 0 unspecified atom stereocenters. The van der Waals surface area contributed by atoms with Crippen LogP contribution in [0.25, 0.3) is 22.0 Å². The molecule has 3 heterocycles. The maximum Gasteiger partial charge on any atom is 0.415 e. The Hall–Kier alpha value is -3.48. The second kappa shape index (κ2) is 8.81. The van der Waals surface area contributed by atoms with Crippen molar-refractivity contribution in [1.29, 1.82) is 0 Å². The molecule has 0 saturated heterocycles. The third-order valence-corrected chi connectivity index (χ3v) is 6.23. The number of aryl methyl sites for hydroxylation is 2. The third-order valence-electron chi connectivity index (χ3n) is 6.23.